The van der Waals surface area contributed by atoms with E-state index in [-0.39, 0.29) is 61.7 Å². The van der Waals surface area contributed by atoms with Gasteiger partial charge in [0, 0.05) is 24.9 Å². The molecule has 6 nitrogen and oxygen atoms in total. The minimum Gasteiger partial charge on any atom is -0.466 e. The van der Waals surface area contributed by atoms with Crippen molar-refractivity contribution in [2.45, 2.75) is 51.6 Å². The summed E-state index contributed by atoms with van der Waals surface area (Å²) in [5.74, 6) is -0.545. The first kappa shape index (κ1) is 24.5. The maximum Gasteiger partial charge on any atom is 0.305 e. The normalized spacial score (nSPS) is 12.4. The van der Waals surface area contributed by atoms with Gasteiger partial charge in [0.25, 0.3) is 0 Å². The quantitative estimate of drug-likeness (QED) is 0.614. The Morgan fingerprint density at radius 1 is 0.850 bits per heavy atom. The van der Waals surface area contributed by atoms with Crippen LogP contribution >= 0.6 is 24.8 Å². The van der Waals surface area contributed by atoms with Gasteiger partial charge >= 0.3 is 11.9 Å². The van der Waals surface area contributed by atoms with E-state index in [0.717, 1.165) is 0 Å². The summed E-state index contributed by atoms with van der Waals surface area (Å²) in [5.41, 5.74) is 11.7. The molecule has 0 unspecified atom stereocenters. The van der Waals surface area contributed by atoms with Gasteiger partial charge in [-0.1, -0.05) is 0 Å². The molecule has 0 radical (unpaired) electrons. The van der Waals surface area contributed by atoms with E-state index in [9.17, 15) is 9.59 Å². The molecule has 8 heteroatoms. The second kappa shape index (κ2) is 14.8. The highest BCUT2D eigenvalue weighted by Crippen LogP contribution is 2.06. The van der Waals surface area contributed by atoms with Crippen LogP contribution in [-0.2, 0) is 19.1 Å². The second-order valence-corrected chi connectivity index (χ2v) is 4.02. The van der Waals surface area contributed by atoms with E-state index in [1.54, 1.807) is 13.8 Å². The van der Waals surface area contributed by atoms with Crippen LogP contribution in [0.1, 0.15) is 39.5 Å². The van der Waals surface area contributed by atoms with Crippen LogP contribution in [0.5, 0.6) is 0 Å². The third kappa shape index (κ3) is 12.5. The Bertz CT molecular complexity index is 242. The van der Waals surface area contributed by atoms with Gasteiger partial charge in [0.1, 0.15) is 0 Å². The summed E-state index contributed by atoms with van der Waals surface area (Å²) < 4.78 is 9.59. The van der Waals surface area contributed by atoms with E-state index >= 15 is 0 Å². The van der Waals surface area contributed by atoms with E-state index in [0.29, 0.717) is 26.1 Å². The van der Waals surface area contributed by atoms with E-state index in [1.165, 1.54) is 0 Å². The lowest BCUT2D eigenvalue weighted by molar-refractivity contribution is -0.144. The van der Waals surface area contributed by atoms with Crippen LogP contribution < -0.4 is 11.5 Å². The Morgan fingerprint density at radius 2 is 1.15 bits per heavy atom. The summed E-state index contributed by atoms with van der Waals surface area (Å²) in [7, 11) is 0. The molecule has 0 heterocycles. The Kier molecular flexibility index (Phi) is 18.1. The molecule has 122 valence electrons. The minimum atomic E-state index is -0.316. The average Bonchev–Trinajstić information content (AvgIpc) is 2.33. The maximum absolute atomic E-state index is 11.1. The molecule has 0 rings (SSSR count). The standard InChI is InChI=1S/C12H24N2O4.2ClH/c1-3-17-11(15)7-5-9(13)10(14)6-8-12(16)18-4-2;;/h9-10H,3-8,13-14H2,1-2H3;2*1H/t9-,10+;;. The van der Waals surface area contributed by atoms with Crippen molar-refractivity contribution in [3.05, 3.63) is 0 Å². The topological polar surface area (TPSA) is 105 Å². The molecule has 0 aliphatic rings. The Morgan fingerprint density at radius 3 is 1.40 bits per heavy atom. The van der Waals surface area contributed by atoms with Crippen LogP contribution in [0.15, 0.2) is 0 Å². The third-order valence-corrected chi connectivity index (χ3v) is 2.52. The summed E-state index contributed by atoms with van der Waals surface area (Å²) in [6.07, 6.45) is 1.43. The molecule has 0 aliphatic carbocycles. The average molecular weight is 333 g/mol. The van der Waals surface area contributed by atoms with Crippen molar-refractivity contribution in [1.82, 2.24) is 0 Å². The van der Waals surface area contributed by atoms with Crippen LogP contribution in [0.4, 0.5) is 0 Å². The molecule has 0 amide bonds. The van der Waals surface area contributed by atoms with Gasteiger partial charge in [0.15, 0.2) is 0 Å². The molecule has 0 aromatic rings. The minimum absolute atomic E-state index is 0. The van der Waals surface area contributed by atoms with Gasteiger partial charge in [-0.15, -0.1) is 24.8 Å². The molecule has 0 aromatic carbocycles. The summed E-state index contributed by atoms with van der Waals surface area (Å²) in [6.45, 7) is 4.23. The lowest BCUT2D eigenvalue weighted by Gasteiger charge is -2.18. The predicted molar refractivity (Wildman–Crippen MR) is 82.2 cm³/mol. The van der Waals surface area contributed by atoms with Gasteiger partial charge < -0.3 is 20.9 Å². The van der Waals surface area contributed by atoms with Crippen LogP contribution in [0, 0.1) is 0 Å². The fourth-order valence-corrected chi connectivity index (χ4v) is 1.46. The number of nitrogens with two attached hydrogens (primary N) is 2. The molecule has 0 fully saturated rings. The summed E-state index contributed by atoms with van der Waals surface area (Å²) in [6, 6.07) is -0.632. The number of esters is 2. The van der Waals surface area contributed by atoms with E-state index in [1.807, 2.05) is 0 Å². The fraction of sp³-hybridized carbons (Fsp3) is 0.833. The highest BCUT2D eigenvalue weighted by atomic mass is 35.5. The number of hydrogen-bond acceptors (Lipinski definition) is 6. The van der Waals surface area contributed by atoms with E-state index < -0.39 is 0 Å². The lowest BCUT2D eigenvalue weighted by atomic mass is 10.0. The molecule has 0 aliphatic heterocycles. The first-order valence-electron chi connectivity index (χ1n) is 6.33. The van der Waals surface area contributed by atoms with Crippen molar-refractivity contribution in [1.29, 1.82) is 0 Å². The maximum atomic E-state index is 11.1. The van der Waals surface area contributed by atoms with Gasteiger partial charge in [-0.05, 0) is 26.7 Å². The van der Waals surface area contributed by atoms with Crippen molar-refractivity contribution in [2.24, 2.45) is 11.5 Å². The van der Waals surface area contributed by atoms with E-state index in [4.69, 9.17) is 20.9 Å². The molecule has 0 aromatic heterocycles. The number of carbonyl (C=O) groups excluding carboxylic acids is 2. The second-order valence-electron chi connectivity index (χ2n) is 4.02. The van der Waals surface area contributed by atoms with Crippen LogP contribution in [-0.4, -0.2) is 37.2 Å². The van der Waals surface area contributed by atoms with Gasteiger partial charge in [0.2, 0.25) is 0 Å². The molecule has 20 heavy (non-hydrogen) atoms. The van der Waals surface area contributed by atoms with Gasteiger partial charge in [-0.3, -0.25) is 9.59 Å². The van der Waals surface area contributed by atoms with Crippen LogP contribution in [0.25, 0.3) is 0 Å². The molecule has 0 bridgehead atoms. The number of halogens is 2. The van der Waals surface area contributed by atoms with Crippen molar-refractivity contribution in [2.75, 3.05) is 13.2 Å². The smallest absolute Gasteiger partial charge is 0.305 e. The van der Waals surface area contributed by atoms with Crippen molar-refractivity contribution < 1.29 is 19.1 Å². The molecule has 2 atom stereocenters. The van der Waals surface area contributed by atoms with Gasteiger partial charge in [-0.25, -0.2) is 0 Å². The molecule has 0 saturated heterocycles. The highest BCUT2D eigenvalue weighted by Gasteiger charge is 2.16. The van der Waals surface area contributed by atoms with Crippen LogP contribution in [0.2, 0.25) is 0 Å². The molecule has 4 N–H and O–H groups in total. The number of hydrogen-bond donors (Lipinski definition) is 2. The van der Waals surface area contributed by atoms with Crippen molar-refractivity contribution in [3.63, 3.8) is 0 Å². The summed E-state index contributed by atoms with van der Waals surface area (Å²) in [4.78, 5) is 22.3. The first-order valence-corrected chi connectivity index (χ1v) is 6.33. The molecular formula is C12H26Cl2N2O4. The number of rotatable bonds is 9. The van der Waals surface area contributed by atoms with E-state index in [2.05, 4.69) is 0 Å². The Balaban J connectivity index is -0.00000144. The lowest BCUT2D eigenvalue weighted by Crippen LogP contribution is -2.42. The third-order valence-electron chi connectivity index (χ3n) is 2.52. The predicted octanol–water partition coefficient (Wildman–Crippen LogP) is 1.17. The highest BCUT2D eigenvalue weighted by molar-refractivity contribution is 5.85. The largest absolute Gasteiger partial charge is 0.466 e. The fourth-order valence-electron chi connectivity index (χ4n) is 1.46. The zero-order chi connectivity index (χ0) is 14.0. The number of ether oxygens (including phenoxy) is 2. The molecule has 0 saturated carbocycles. The monoisotopic (exact) mass is 332 g/mol. The van der Waals surface area contributed by atoms with Gasteiger partial charge in [-0.2, -0.15) is 0 Å². The first-order chi connectivity index (χ1) is 8.51. The van der Waals surface area contributed by atoms with Crippen LogP contribution in [0.3, 0.4) is 0 Å². The van der Waals surface area contributed by atoms with Gasteiger partial charge in [0.05, 0.1) is 13.2 Å². The Labute approximate surface area is 132 Å². The molecule has 0 spiro atoms. The van der Waals surface area contributed by atoms with Crippen molar-refractivity contribution >= 4 is 36.8 Å². The molecular weight excluding hydrogens is 307 g/mol. The zero-order valence-electron chi connectivity index (χ0n) is 12.0. The number of carbonyl (C=O) groups is 2. The SMILES string of the molecule is CCOC(=O)CC[C@@H](N)[C@@H](N)CCC(=O)OCC.Cl.Cl. The Hall–Kier alpha value is -0.560. The summed E-state index contributed by atoms with van der Waals surface area (Å²) in [5, 5.41) is 0. The summed E-state index contributed by atoms with van der Waals surface area (Å²) >= 11 is 0. The van der Waals surface area contributed by atoms with Crippen molar-refractivity contribution in [3.8, 4) is 0 Å². The zero-order valence-corrected chi connectivity index (χ0v) is 13.6.